The van der Waals surface area contributed by atoms with E-state index in [4.69, 9.17) is 75.8 Å². The number of benzene rings is 1. The third-order valence-electron chi connectivity index (χ3n) is 7.25. The van der Waals surface area contributed by atoms with Crippen molar-refractivity contribution in [2.24, 2.45) is 11.8 Å². The molecule has 2 bridgehead atoms. The maximum Gasteiger partial charge on any atom is 0.324 e. The predicted octanol–water partition coefficient (Wildman–Crippen LogP) is 0.861. The molecule has 0 spiro atoms. The summed E-state index contributed by atoms with van der Waals surface area (Å²) in [5.41, 5.74) is -2.33. The molecule has 2 aromatic heterocycles. The van der Waals surface area contributed by atoms with E-state index in [0.717, 1.165) is 23.6 Å². The van der Waals surface area contributed by atoms with Crippen LogP contribution in [0.4, 0.5) is 16.4 Å². The number of anilines is 2. The van der Waals surface area contributed by atoms with Crippen molar-refractivity contribution < 1.29 is 13.7 Å². The van der Waals surface area contributed by atoms with Crippen molar-refractivity contribution >= 4 is 78.5 Å². The van der Waals surface area contributed by atoms with Crippen molar-refractivity contribution in [3.63, 3.8) is 0 Å². The van der Waals surface area contributed by atoms with Crippen LogP contribution in [0.3, 0.4) is 0 Å². The SMILES string of the molecule is [B]C([B])([B])C([B])(n1nc(NC2[C@@H]3CC[C@H]2CN(c2nc(C)no2)C3)nc1Oc1ccc(F)c(Cl)c1)C([B])([B])[B]. The van der Waals surface area contributed by atoms with Crippen LogP contribution in [-0.2, 0) is 5.44 Å². The van der Waals surface area contributed by atoms with Crippen LogP contribution in [-0.4, -0.2) is 99.0 Å². The average Bonchev–Trinajstić information content (AvgIpc) is 3.50. The Kier molecular flexibility index (Phi) is 7.13. The Morgan fingerprint density at radius 1 is 1.05 bits per heavy atom. The fourth-order valence-electron chi connectivity index (χ4n) is 5.22. The van der Waals surface area contributed by atoms with Crippen LogP contribution in [0.15, 0.2) is 22.7 Å². The largest absolute Gasteiger partial charge is 0.424 e. The third kappa shape index (κ3) is 5.11. The minimum Gasteiger partial charge on any atom is -0.424 e. The van der Waals surface area contributed by atoms with Gasteiger partial charge < -0.3 is 19.5 Å². The van der Waals surface area contributed by atoms with Crippen LogP contribution in [0.2, 0.25) is 15.2 Å². The number of aromatic nitrogens is 5. The summed E-state index contributed by atoms with van der Waals surface area (Å²) < 4.78 is 25.9. The summed E-state index contributed by atoms with van der Waals surface area (Å²) in [7, 11) is 42.4. The van der Waals surface area contributed by atoms with Gasteiger partial charge in [-0.25, -0.2) is 9.07 Å². The molecular weight excluding hydrogens is 512 g/mol. The highest BCUT2D eigenvalue weighted by atomic mass is 35.5. The van der Waals surface area contributed by atoms with E-state index in [9.17, 15) is 4.39 Å². The van der Waals surface area contributed by atoms with Gasteiger partial charge in [-0.2, -0.15) is 9.97 Å². The molecule has 184 valence electrons. The van der Waals surface area contributed by atoms with Gasteiger partial charge in [-0.05, 0) is 49.2 Å². The van der Waals surface area contributed by atoms with Crippen molar-refractivity contribution in [3.05, 3.63) is 34.9 Å². The number of hydrogen-bond acceptors (Lipinski definition) is 8. The summed E-state index contributed by atoms with van der Waals surface area (Å²) in [6.45, 7) is 3.14. The first kappa shape index (κ1) is 28.1. The van der Waals surface area contributed by atoms with Gasteiger partial charge in [0.05, 0.1) is 52.1 Å². The van der Waals surface area contributed by atoms with E-state index in [0.29, 0.717) is 24.9 Å². The number of fused-ring (bicyclic) bond motifs is 2. The standard InChI is InChI=1S/C21H18B7ClFN7O2/c1-9-31-17(39-35-9)36-7-10-2-3-11(8-36)15(10)32-16-33-18(38-12-4-5-14(30)13(29)6-12)37(34-16)19(22,20(23,24)25)21(26,27)28/h4-6,10-11,15H,2-3,7-8H2,1H3,(H,32,34)/t10-,11+,15?. The lowest BCUT2D eigenvalue weighted by atomic mass is 9.18. The summed E-state index contributed by atoms with van der Waals surface area (Å²) in [6.07, 6.45) is 1.92. The highest BCUT2D eigenvalue weighted by molar-refractivity contribution is 6.68. The molecule has 18 heteroatoms. The molecule has 1 N–H and O–H groups in total. The molecule has 1 saturated carbocycles. The Balaban J connectivity index is 1.48. The summed E-state index contributed by atoms with van der Waals surface area (Å²) in [5.74, 6) is 0.542. The molecule has 1 unspecified atom stereocenters. The van der Waals surface area contributed by atoms with Crippen molar-refractivity contribution in [1.29, 1.82) is 0 Å². The number of nitrogens with zero attached hydrogens (tertiary/aromatic N) is 6. The third-order valence-corrected chi connectivity index (χ3v) is 7.54. The molecule has 14 radical (unpaired) electrons. The van der Waals surface area contributed by atoms with Crippen molar-refractivity contribution in [3.8, 4) is 11.8 Å². The minimum atomic E-state index is -2.33. The van der Waals surface area contributed by atoms with E-state index < -0.39 is 21.5 Å². The van der Waals surface area contributed by atoms with Crippen LogP contribution >= 0.6 is 11.6 Å². The number of rotatable bonds is 8. The molecule has 5 rings (SSSR count). The summed E-state index contributed by atoms with van der Waals surface area (Å²) in [5, 5.41) is 6.88. The van der Waals surface area contributed by atoms with Crippen molar-refractivity contribution in [2.45, 2.75) is 41.5 Å². The molecule has 0 amide bonds. The first-order valence-corrected chi connectivity index (χ1v) is 12.5. The minimum absolute atomic E-state index is 0.0156. The molecule has 9 nitrogen and oxygen atoms in total. The Labute approximate surface area is 240 Å². The summed E-state index contributed by atoms with van der Waals surface area (Å²) in [4.78, 5) is 10.9. The lowest BCUT2D eigenvalue weighted by molar-refractivity contribution is 0.317. The van der Waals surface area contributed by atoms with Gasteiger partial charge in [-0.1, -0.05) is 16.8 Å². The molecule has 1 aliphatic heterocycles. The van der Waals surface area contributed by atoms with Crippen molar-refractivity contribution in [2.75, 3.05) is 23.3 Å². The lowest BCUT2D eigenvalue weighted by Crippen LogP contribution is -2.57. The van der Waals surface area contributed by atoms with Crippen LogP contribution in [0.25, 0.3) is 0 Å². The second kappa shape index (κ2) is 9.89. The van der Waals surface area contributed by atoms with Crippen LogP contribution in [0, 0.1) is 24.6 Å². The van der Waals surface area contributed by atoms with E-state index in [2.05, 4.69) is 30.4 Å². The zero-order valence-corrected chi connectivity index (χ0v) is 21.8. The molecular formula is C21H18B7ClFN7O2. The average molecular weight is 531 g/mol. The van der Waals surface area contributed by atoms with E-state index in [-0.39, 0.29) is 40.6 Å². The maximum absolute atomic E-state index is 13.7. The Bertz CT molecular complexity index is 1340. The molecule has 3 heterocycles. The van der Waals surface area contributed by atoms with Gasteiger partial charge in [0.2, 0.25) is 5.95 Å². The number of aryl methyl sites for hydroxylation is 1. The molecule has 2 fully saturated rings. The van der Waals surface area contributed by atoms with E-state index in [1.165, 1.54) is 12.1 Å². The quantitative estimate of drug-likeness (QED) is 0.429. The van der Waals surface area contributed by atoms with Gasteiger partial charge in [0.25, 0.3) is 0 Å². The molecule has 1 saturated heterocycles. The first-order chi connectivity index (χ1) is 18.2. The normalized spacial score (nSPS) is 21.7. The molecule has 1 aromatic carbocycles. The number of halogens is 2. The van der Waals surface area contributed by atoms with Crippen LogP contribution in [0.1, 0.15) is 18.7 Å². The molecule has 1 aliphatic carbocycles. The second-order valence-corrected chi connectivity index (χ2v) is 10.6. The molecule has 2 aliphatic rings. The van der Waals surface area contributed by atoms with Gasteiger partial charge in [-0.3, -0.25) is 0 Å². The smallest absolute Gasteiger partial charge is 0.324 e. The van der Waals surface area contributed by atoms with Gasteiger partial charge in [0.15, 0.2) is 5.82 Å². The highest BCUT2D eigenvalue weighted by Crippen LogP contribution is 2.48. The predicted molar refractivity (Wildman–Crippen MR) is 150 cm³/mol. The summed E-state index contributed by atoms with van der Waals surface area (Å²) in [6, 6.07) is 3.87. The van der Waals surface area contributed by atoms with Gasteiger partial charge in [0, 0.05) is 25.2 Å². The Hall–Kier alpha value is -2.43. The number of nitrogens with one attached hydrogen (secondary N) is 1. The van der Waals surface area contributed by atoms with Gasteiger partial charge in [0.1, 0.15) is 19.4 Å². The topological polar surface area (TPSA) is 94.1 Å². The van der Waals surface area contributed by atoms with Gasteiger partial charge in [-0.15, -0.1) is 15.3 Å². The Morgan fingerprint density at radius 3 is 2.23 bits per heavy atom. The molecule has 3 aromatic rings. The maximum atomic E-state index is 13.7. The zero-order chi connectivity index (χ0) is 28.3. The number of hydrogen-bond donors (Lipinski definition) is 1. The molecule has 39 heavy (non-hydrogen) atoms. The van der Waals surface area contributed by atoms with E-state index >= 15 is 0 Å². The molecule has 3 atom stereocenters. The van der Waals surface area contributed by atoms with E-state index in [1.54, 1.807) is 6.92 Å². The summed E-state index contributed by atoms with van der Waals surface area (Å²) >= 11 is 5.91. The lowest BCUT2D eigenvalue weighted by Gasteiger charge is -2.54. The fourth-order valence-corrected chi connectivity index (χ4v) is 5.39. The van der Waals surface area contributed by atoms with Crippen molar-refractivity contribution in [1.82, 2.24) is 24.9 Å². The fraction of sp³-hybridized carbons (Fsp3) is 0.524. The van der Waals surface area contributed by atoms with Crippen LogP contribution < -0.4 is 15.0 Å². The van der Waals surface area contributed by atoms with E-state index in [1.807, 2.05) is 0 Å². The Morgan fingerprint density at radius 2 is 1.69 bits per heavy atom. The second-order valence-electron chi connectivity index (χ2n) is 10.2. The highest BCUT2D eigenvalue weighted by Gasteiger charge is 2.48. The number of piperidine rings is 1. The van der Waals surface area contributed by atoms with Crippen LogP contribution in [0.5, 0.6) is 11.8 Å². The zero-order valence-electron chi connectivity index (χ0n) is 21.1. The number of ether oxygens (including phenoxy) is 1. The first-order valence-electron chi connectivity index (χ1n) is 12.1. The van der Waals surface area contributed by atoms with Gasteiger partial charge >= 0.3 is 12.0 Å². The monoisotopic (exact) mass is 531 g/mol.